The smallest absolute Gasteiger partial charge is 0.453 e. The Kier molecular flexibility index (Phi) is 5.15. The van der Waals surface area contributed by atoms with E-state index in [2.05, 4.69) is 4.74 Å². The monoisotopic (exact) mass is 160 g/mol. The fourth-order valence-corrected chi connectivity index (χ4v) is 0.649. The second kappa shape index (κ2) is 5.70. The lowest BCUT2D eigenvalue weighted by atomic mass is 10.3. The van der Waals surface area contributed by atoms with E-state index in [0.29, 0.717) is 6.54 Å². The first-order valence-electron chi connectivity index (χ1n) is 3.58. The largest absolute Gasteiger partial charge is 0.596 e. The third-order valence-electron chi connectivity index (χ3n) is 1.23. The van der Waals surface area contributed by atoms with E-state index in [1.165, 1.54) is 13.5 Å². The molecule has 0 fully saturated rings. The second-order valence-corrected chi connectivity index (χ2v) is 2.17. The van der Waals surface area contributed by atoms with E-state index in [0.717, 1.165) is 17.4 Å². The molecule has 0 aliphatic carbocycles. The highest BCUT2D eigenvalue weighted by molar-refractivity contribution is 5.60. The average molecular weight is 160 g/mol. The molecule has 0 rings (SSSR count). The van der Waals surface area contributed by atoms with Crippen LogP contribution in [-0.2, 0) is 4.74 Å². The van der Waals surface area contributed by atoms with Gasteiger partial charge in [-0.1, -0.05) is 17.9 Å². The summed E-state index contributed by atoms with van der Waals surface area (Å²) >= 11 is 0. The molecule has 1 N–H and O–H groups in total. The lowest BCUT2D eigenvalue weighted by molar-refractivity contribution is -0.448. The van der Waals surface area contributed by atoms with Crippen molar-refractivity contribution in [3.63, 3.8) is 0 Å². The van der Waals surface area contributed by atoms with Crippen LogP contribution in [0.2, 0.25) is 0 Å². The predicted octanol–water partition coefficient (Wildman–Crippen LogP) is 1.15. The van der Waals surface area contributed by atoms with Crippen molar-refractivity contribution >= 4 is 12.5 Å². The van der Waals surface area contributed by atoms with Crippen LogP contribution in [0.25, 0.3) is 0 Å². The Balaban J connectivity index is 3.90. The van der Waals surface area contributed by atoms with E-state index >= 15 is 0 Å². The molecule has 0 atom stereocenters. The van der Waals surface area contributed by atoms with Gasteiger partial charge >= 0.3 is 12.5 Å². The maximum absolute atomic E-state index is 10.4. The Labute approximate surface area is 66.1 Å². The molecule has 4 heteroatoms. The molecule has 0 aliphatic heterocycles. The molecular formula is C7H14NO3+. The molecule has 0 aromatic rings. The SMILES string of the molecule is CCCC[N+](=COC)C(=O)O. The number of amides is 1. The minimum absolute atomic E-state index is 0.500. The highest BCUT2D eigenvalue weighted by atomic mass is 16.5. The Bertz CT molecular complexity index is 154. The van der Waals surface area contributed by atoms with Crippen LogP contribution < -0.4 is 0 Å². The highest BCUT2D eigenvalue weighted by Gasteiger charge is 2.13. The average Bonchev–Trinajstić information content (AvgIpc) is 1.97. The van der Waals surface area contributed by atoms with E-state index in [-0.39, 0.29) is 0 Å². The topological polar surface area (TPSA) is 49.5 Å². The number of carbonyl (C=O) groups is 1. The Hall–Kier alpha value is -1.06. The van der Waals surface area contributed by atoms with Crippen molar-refractivity contribution in [1.29, 1.82) is 0 Å². The first kappa shape index (κ1) is 9.94. The summed E-state index contributed by atoms with van der Waals surface area (Å²) in [5, 5.41) is 8.55. The van der Waals surface area contributed by atoms with Gasteiger partial charge in [-0.2, -0.15) is 4.79 Å². The molecule has 64 valence electrons. The number of ether oxygens (including phenoxy) is 1. The van der Waals surface area contributed by atoms with Crippen molar-refractivity contribution in [3.05, 3.63) is 0 Å². The van der Waals surface area contributed by atoms with Crippen molar-refractivity contribution in [2.24, 2.45) is 0 Å². The van der Waals surface area contributed by atoms with E-state index in [1.807, 2.05) is 6.92 Å². The minimum Gasteiger partial charge on any atom is -0.453 e. The van der Waals surface area contributed by atoms with Crippen molar-refractivity contribution in [2.75, 3.05) is 13.7 Å². The van der Waals surface area contributed by atoms with Crippen LogP contribution in [0.15, 0.2) is 0 Å². The number of hydrogen-bond donors (Lipinski definition) is 1. The summed E-state index contributed by atoms with van der Waals surface area (Å²) in [7, 11) is 1.43. The predicted molar refractivity (Wildman–Crippen MR) is 41.1 cm³/mol. The third kappa shape index (κ3) is 4.36. The zero-order valence-electron chi connectivity index (χ0n) is 6.91. The zero-order chi connectivity index (χ0) is 8.69. The fourth-order valence-electron chi connectivity index (χ4n) is 0.649. The minimum atomic E-state index is -0.972. The van der Waals surface area contributed by atoms with Gasteiger partial charge in [-0.05, 0) is 0 Å². The Morgan fingerprint density at radius 2 is 2.36 bits per heavy atom. The molecule has 0 unspecified atom stereocenters. The Morgan fingerprint density at radius 1 is 1.73 bits per heavy atom. The van der Waals surface area contributed by atoms with Crippen LogP contribution in [0.1, 0.15) is 19.8 Å². The van der Waals surface area contributed by atoms with Gasteiger partial charge in [0.05, 0.1) is 7.11 Å². The third-order valence-corrected chi connectivity index (χ3v) is 1.23. The number of rotatable bonds is 4. The van der Waals surface area contributed by atoms with E-state index in [1.54, 1.807) is 0 Å². The van der Waals surface area contributed by atoms with Gasteiger partial charge in [0.15, 0.2) is 6.54 Å². The molecule has 4 nitrogen and oxygen atoms in total. The molecule has 0 spiro atoms. The van der Waals surface area contributed by atoms with Crippen LogP contribution in [0.4, 0.5) is 4.79 Å². The molecule has 0 saturated carbocycles. The number of hydrogen-bond acceptors (Lipinski definition) is 2. The van der Waals surface area contributed by atoms with Crippen LogP contribution in [0.3, 0.4) is 0 Å². The van der Waals surface area contributed by atoms with Crippen LogP contribution in [0.5, 0.6) is 0 Å². The molecule has 0 aromatic heterocycles. The summed E-state index contributed by atoms with van der Waals surface area (Å²) < 4.78 is 5.71. The first-order valence-corrected chi connectivity index (χ1v) is 3.58. The summed E-state index contributed by atoms with van der Waals surface area (Å²) in [6.45, 7) is 2.51. The molecule has 0 saturated heterocycles. The fraction of sp³-hybridized carbons (Fsp3) is 0.714. The number of carboxylic acid groups (broad SMARTS) is 1. The number of nitrogens with zero attached hydrogens (tertiary/aromatic N) is 1. The van der Waals surface area contributed by atoms with Crippen LogP contribution >= 0.6 is 0 Å². The normalized spacial score (nSPS) is 11.3. The van der Waals surface area contributed by atoms with Gasteiger partial charge in [0.2, 0.25) is 0 Å². The van der Waals surface area contributed by atoms with Crippen molar-refractivity contribution in [3.8, 4) is 0 Å². The highest BCUT2D eigenvalue weighted by Crippen LogP contribution is 1.88. The van der Waals surface area contributed by atoms with Gasteiger partial charge in [-0.3, -0.25) is 0 Å². The van der Waals surface area contributed by atoms with Gasteiger partial charge in [0.25, 0.3) is 0 Å². The summed E-state index contributed by atoms with van der Waals surface area (Å²) in [4.78, 5) is 10.4. The zero-order valence-corrected chi connectivity index (χ0v) is 6.91. The van der Waals surface area contributed by atoms with Crippen molar-refractivity contribution < 1.29 is 19.2 Å². The van der Waals surface area contributed by atoms with Gasteiger partial charge < -0.3 is 9.84 Å². The van der Waals surface area contributed by atoms with E-state index in [9.17, 15) is 4.79 Å². The summed E-state index contributed by atoms with van der Waals surface area (Å²) in [6, 6.07) is 0. The molecular weight excluding hydrogens is 146 g/mol. The molecule has 0 radical (unpaired) electrons. The summed E-state index contributed by atoms with van der Waals surface area (Å²) in [5.74, 6) is 0. The quantitative estimate of drug-likeness (QED) is 0.381. The van der Waals surface area contributed by atoms with Gasteiger partial charge in [-0.25, -0.2) is 0 Å². The molecule has 0 heterocycles. The molecule has 11 heavy (non-hydrogen) atoms. The maximum atomic E-state index is 10.4. The molecule has 0 aromatic carbocycles. The summed E-state index contributed by atoms with van der Waals surface area (Å²) in [5.41, 5.74) is 0. The van der Waals surface area contributed by atoms with E-state index < -0.39 is 6.09 Å². The lowest BCUT2D eigenvalue weighted by Crippen LogP contribution is -2.21. The van der Waals surface area contributed by atoms with Gasteiger partial charge in [-0.15, -0.1) is 0 Å². The van der Waals surface area contributed by atoms with Gasteiger partial charge in [0.1, 0.15) is 0 Å². The van der Waals surface area contributed by atoms with Crippen molar-refractivity contribution in [2.45, 2.75) is 19.8 Å². The molecule has 0 bridgehead atoms. The van der Waals surface area contributed by atoms with Crippen molar-refractivity contribution in [1.82, 2.24) is 0 Å². The summed E-state index contributed by atoms with van der Waals surface area (Å²) in [6.07, 6.45) is 2.06. The second-order valence-electron chi connectivity index (χ2n) is 2.17. The first-order chi connectivity index (χ1) is 5.22. The molecule has 0 aliphatic rings. The Morgan fingerprint density at radius 3 is 2.73 bits per heavy atom. The number of unbranched alkanes of at least 4 members (excludes halogenated alkanes) is 1. The number of methoxy groups -OCH3 is 1. The molecule has 1 amide bonds. The van der Waals surface area contributed by atoms with Gasteiger partial charge in [0, 0.05) is 6.42 Å². The lowest BCUT2D eigenvalue weighted by Gasteiger charge is -1.93. The van der Waals surface area contributed by atoms with Crippen LogP contribution in [0, 0.1) is 0 Å². The standard InChI is InChI=1S/C7H13NO3/c1-3-4-5-8(6-11-2)7(9)10/h6H,3-5H2,1-2H3/p+1. The maximum Gasteiger partial charge on any atom is 0.596 e. The van der Waals surface area contributed by atoms with E-state index in [4.69, 9.17) is 5.11 Å². The van der Waals surface area contributed by atoms with Crippen LogP contribution in [-0.4, -0.2) is 35.8 Å².